The van der Waals surface area contributed by atoms with Crippen LogP contribution >= 0.6 is 0 Å². The number of nitrogens with one attached hydrogen (secondary N) is 1. The summed E-state index contributed by atoms with van der Waals surface area (Å²) < 4.78 is 7.73. The number of primary amides is 1. The van der Waals surface area contributed by atoms with E-state index in [1.165, 1.54) is 0 Å². The van der Waals surface area contributed by atoms with Crippen molar-refractivity contribution >= 4 is 17.2 Å². The van der Waals surface area contributed by atoms with Gasteiger partial charge in [0.25, 0.3) is 5.91 Å². The topological polar surface area (TPSA) is 94.5 Å². The van der Waals surface area contributed by atoms with Crippen LogP contribution in [0.2, 0.25) is 0 Å². The van der Waals surface area contributed by atoms with E-state index in [9.17, 15) is 4.79 Å². The molecule has 1 aliphatic heterocycles. The van der Waals surface area contributed by atoms with Crippen LogP contribution in [0.5, 0.6) is 5.75 Å². The number of anilines is 1. The van der Waals surface area contributed by atoms with Crippen LogP contribution in [-0.2, 0) is 13.0 Å². The number of aryl methyl sites for hydroxylation is 1. The van der Waals surface area contributed by atoms with Crippen LogP contribution in [0, 0.1) is 6.92 Å². The lowest BCUT2D eigenvalue weighted by molar-refractivity contribution is 0.100. The Morgan fingerprint density at radius 3 is 2.83 bits per heavy atom. The zero-order valence-electron chi connectivity index (χ0n) is 16.6. The van der Waals surface area contributed by atoms with Crippen LogP contribution < -0.4 is 15.8 Å². The van der Waals surface area contributed by atoms with Gasteiger partial charge in [-0.15, -0.1) is 0 Å². The third kappa shape index (κ3) is 3.04. The zero-order chi connectivity index (χ0) is 20.7. The Balaban J connectivity index is 1.61. The quantitative estimate of drug-likeness (QED) is 0.537. The van der Waals surface area contributed by atoms with Gasteiger partial charge in [-0.2, -0.15) is 0 Å². The van der Waals surface area contributed by atoms with Crippen molar-refractivity contribution in [1.29, 1.82) is 0 Å². The molecular weight excluding hydrogens is 378 g/mol. The molecule has 1 aromatic carbocycles. The smallest absolute Gasteiger partial charge is 0.250 e. The van der Waals surface area contributed by atoms with E-state index in [4.69, 9.17) is 20.4 Å². The molecule has 7 nitrogen and oxygen atoms in total. The molecule has 7 heteroatoms. The number of pyridine rings is 1. The summed E-state index contributed by atoms with van der Waals surface area (Å²) >= 11 is 0. The second kappa shape index (κ2) is 7.18. The van der Waals surface area contributed by atoms with Gasteiger partial charge in [0, 0.05) is 19.2 Å². The first-order valence-corrected chi connectivity index (χ1v) is 9.84. The summed E-state index contributed by atoms with van der Waals surface area (Å²) in [6, 6.07) is 15.6. The fourth-order valence-corrected chi connectivity index (χ4v) is 3.89. The number of carbonyl (C=O) groups excluding carboxylic acids is 1. The minimum Gasteiger partial charge on any atom is -0.487 e. The maximum Gasteiger partial charge on any atom is 0.250 e. The predicted octanol–water partition coefficient (Wildman–Crippen LogP) is 3.35. The Bertz CT molecular complexity index is 1260. The van der Waals surface area contributed by atoms with Gasteiger partial charge < -0.3 is 20.2 Å². The monoisotopic (exact) mass is 399 g/mol. The maximum absolute atomic E-state index is 11.9. The molecule has 0 radical (unpaired) electrons. The molecule has 4 heterocycles. The van der Waals surface area contributed by atoms with E-state index >= 15 is 0 Å². The number of carbonyl (C=O) groups is 1. The first kappa shape index (κ1) is 18.2. The average Bonchev–Trinajstić information content (AvgIpc) is 3.35. The Morgan fingerprint density at radius 2 is 2.03 bits per heavy atom. The SMILES string of the molecule is Cc1cc2c(C(N)=O)cccn2c1-c1nc2c(c(NCc3ccccc3)n1)OCC2. The fourth-order valence-electron chi connectivity index (χ4n) is 3.89. The third-order valence-corrected chi connectivity index (χ3v) is 5.30. The van der Waals surface area contributed by atoms with Crippen molar-refractivity contribution in [3.63, 3.8) is 0 Å². The van der Waals surface area contributed by atoms with Crippen molar-refractivity contribution < 1.29 is 9.53 Å². The number of nitrogens with two attached hydrogens (primary N) is 1. The second-order valence-corrected chi connectivity index (χ2v) is 7.33. The van der Waals surface area contributed by atoms with Crippen LogP contribution in [0.15, 0.2) is 54.7 Å². The van der Waals surface area contributed by atoms with Gasteiger partial charge in [-0.3, -0.25) is 4.79 Å². The van der Waals surface area contributed by atoms with E-state index < -0.39 is 5.91 Å². The van der Waals surface area contributed by atoms with Gasteiger partial charge in [0.2, 0.25) is 0 Å². The van der Waals surface area contributed by atoms with Gasteiger partial charge in [0.05, 0.1) is 29.1 Å². The molecule has 0 saturated heterocycles. The number of hydrogen-bond donors (Lipinski definition) is 2. The van der Waals surface area contributed by atoms with E-state index in [1.807, 2.05) is 41.8 Å². The largest absolute Gasteiger partial charge is 0.487 e. The van der Waals surface area contributed by atoms with Gasteiger partial charge in [-0.05, 0) is 36.2 Å². The molecular formula is C23H21N5O2. The van der Waals surface area contributed by atoms with E-state index in [1.54, 1.807) is 12.1 Å². The number of rotatable bonds is 5. The maximum atomic E-state index is 11.9. The summed E-state index contributed by atoms with van der Waals surface area (Å²) in [6.07, 6.45) is 2.63. The van der Waals surface area contributed by atoms with E-state index in [0.29, 0.717) is 36.1 Å². The van der Waals surface area contributed by atoms with Crippen molar-refractivity contribution in [2.24, 2.45) is 5.73 Å². The van der Waals surface area contributed by atoms with Crippen molar-refractivity contribution in [3.05, 3.63) is 77.1 Å². The van der Waals surface area contributed by atoms with Crippen molar-refractivity contribution in [2.75, 3.05) is 11.9 Å². The molecule has 4 aromatic rings. The van der Waals surface area contributed by atoms with E-state index in [-0.39, 0.29) is 0 Å². The number of fused-ring (bicyclic) bond motifs is 2. The van der Waals surface area contributed by atoms with Crippen LogP contribution in [0.3, 0.4) is 0 Å². The molecule has 30 heavy (non-hydrogen) atoms. The molecule has 150 valence electrons. The molecule has 1 aliphatic rings. The Kier molecular flexibility index (Phi) is 4.35. The third-order valence-electron chi connectivity index (χ3n) is 5.30. The summed E-state index contributed by atoms with van der Waals surface area (Å²) in [6.45, 7) is 3.21. The van der Waals surface area contributed by atoms with Gasteiger partial charge in [-0.25, -0.2) is 9.97 Å². The van der Waals surface area contributed by atoms with Crippen LogP contribution in [0.4, 0.5) is 5.82 Å². The second-order valence-electron chi connectivity index (χ2n) is 7.33. The summed E-state index contributed by atoms with van der Waals surface area (Å²) in [5, 5.41) is 3.40. The van der Waals surface area contributed by atoms with Gasteiger partial charge in [-0.1, -0.05) is 30.3 Å². The minimum absolute atomic E-state index is 0.460. The lowest BCUT2D eigenvalue weighted by Gasteiger charge is -2.12. The lowest BCUT2D eigenvalue weighted by atomic mass is 10.2. The zero-order valence-corrected chi connectivity index (χ0v) is 16.6. The standard InChI is InChI=1S/C23H21N5O2/c1-14-12-18-16(21(24)29)8-5-10-28(18)19(14)22-26-17-9-11-30-20(17)23(27-22)25-13-15-6-3-2-4-7-15/h2-8,10,12H,9,11,13H2,1H3,(H2,24,29)(H,25,26,27). The van der Waals surface area contributed by atoms with Crippen molar-refractivity contribution in [1.82, 2.24) is 14.4 Å². The molecule has 3 N–H and O–H groups in total. The molecule has 0 bridgehead atoms. The van der Waals surface area contributed by atoms with E-state index in [2.05, 4.69) is 17.4 Å². The Morgan fingerprint density at radius 1 is 1.20 bits per heavy atom. The Labute approximate surface area is 173 Å². The summed E-state index contributed by atoms with van der Waals surface area (Å²) in [5.74, 6) is 1.52. The van der Waals surface area contributed by atoms with Crippen molar-refractivity contribution in [3.8, 4) is 17.3 Å². The first-order valence-electron chi connectivity index (χ1n) is 9.84. The number of ether oxygens (including phenoxy) is 1. The van der Waals surface area contributed by atoms with Crippen LogP contribution in [0.1, 0.15) is 27.2 Å². The highest BCUT2D eigenvalue weighted by molar-refractivity contribution is 6.00. The predicted molar refractivity (Wildman–Crippen MR) is 115 cm³/mol. The van der Waals surface area contributed by atoms with Crippen LogP contribution in [-0.4, -0.2) is 26.9 Å². The molecule has 1 amide bonds. The summed E-state index contributed by atoms with van der Waals surface area (Å²) in [5.41, 5.74) is 10.6. The molecule has 3 aromatic heterocycles. The molecule has 5 rings (SSSR count). The molecule has 0 atom stereocenters. The summed E-state index contributed by atoms with van der Waals surface area (Å²) in [7, 11) is 0. The highest BCUT2D eigenvalue weighted by atomic mass is 16.5. The first-order chi connectivity index (χ1) is 14.6. The van der Waals surface area contributed by atoms with Gasteiger partial charge in [0.15, 0.2) is 17.4 Å². The van der Waals surface area contributed by atoms with Gasteiger partial charge in [0.1, 0.15) is 0 Å². The highest BCUT2D eigenvalue weighted by Crippen LogP contribution is 2.35. The van der Waals surface area contributed by atoms with E-state index in [0.717, 1.165) is 34.5 Å². The van der Waals surface area contributed by atoms with Crippen molar-refractivity contribution in [2.45, 2.75) is 19.9 Å². The molecule has 0 spiro atoms. The number of amides is 1. The molecule has 0 aliphatic carbocycles. The normalized spacial score (nSPS) is 12.6. The number of benzene rings is 1. The highest BCUT2D eigenvalue weighted by Gasteiger charge is 2.24. The molecule has 0 saturated carbocycles. The number of hydrogen-bond acceptors (Lipinski definition) is 5. The average molecular weight is 399 g/mol. The minimum atomic E-state index is -0.460. The lowest BCUT2D eigenvalue weighted by Crippen LogP contribution is -2.12. The Hall–Kier alpha value is -3.87. The van der Waals surface area contributed by atoms with Gasteiger partial charge >= 0.3 is 0 Å². The molecule has 0 unspecified atom stereocenters. The summed E-state index contributed by atoms with van der Waals surface area (Å²) in [4.78, 5) is 21.4. The molecule has 0 fully saturated rings. The van der Waals surface area contributed by atoms with Crippen LogP contribution in [0.25, 0.3) is 17.0 Å². The number of nitrogens with zero attached hydrogens (tertiary/aromatic N) is 3. The number of aromatic nitrogens is 3. The fraction of sp³-hybridized carbons (Fsp3) is 0.174.